The van der Waals surface area contributed by atoms with E-state index in [2.05, 4.69) is 13.0 Å². The maximum Gasteiger partial charge on any atom is 0.155 e. The highest BCUT2D eigenvalue weighted by Crippen LogP contribution is 2.67. The minimum Gasteiger partial charge on any atom is -0.295 e. The van der Waals surface area contributed by atoms with Crippen molar-refractivity contribution < 1.29 is 4.79 Å². The minimum atomic E-state index is 0.273. The van der Waals surface area contributed by atoms with E-state index in [1.165, 1.54) is 44.1 Å². The van der Waals surface area contributed by atoms with Crippen molar-refractivity contribution in [3.8, 4) is 6.07 Å². The second kappa shape index (κ2) is 5.20. The number of allylic oxidation sites excluding steroid dienone is 1. The molecule has 5 aliphatic carbocycles. The zero-order valence-corrected chi connectivity index (χ0v) is 14.8. The quantitative estimate of drug-likeness (QED) is 0.688. The molecule has 0 bridgehead atoms. The smallest absolute Gasteiger partial charge is 0.155 e. The van der Waals surface area contributed by atoms with Crippen LogP contribution in [-0.4, -0.2) is 5.78 Å². The number of hydrogen-bond acceptors (Lipinski definition) is 2. The average Bonchev–Trinajstić information content (AvgIpc) is 3.35. The zero-order valence-electron chi connectivity index (χ0n) is 14.8. The highest BCUT2D eigenvalue weighted by Gasteiger charge is 2.60. The molecule has 0 saturated heterocycles. The van der Waals surface area contributed by atoms with Crippen molar-refractivity contribution in [2.45, 2.75) is 64.7 Å². The first-order chi connectivity index (χ1) is 11.6. The topological polar surface area (TPSA) is 40.9 Å². The predicted molar refractivity (Wildman–Crippen MR) is 92.8 cm³/mol. The summed E-state index contributed by atoms with van der Waals surface area (Å²) in [7, 11) is 0. The summed E-state index contributed by atoms with van der Waals surface area (Å²) >= 11 is 0. The van der Waals surface area contributed by atoms with Gasteiger partial charge in [-0.2, -0.15) is 5.26 Å². The summed E-state index contributed by atoms with van der Waals surface area (Å²) in [5.74, 6) is 5.49. The number of carbonyl (C=O) groups excluding carboxylic acids is 1. The second-order valence-corrected chi connectivity index (χ2v) is 9.69. The molecule has 0 aliphatic heterocycles. The van der Waals surface area contributed by atoms with Crippen LogP contribution in [0.4, 0.5) is 0 Å². The van der Waals surface area contributed by atoms with Crippen LogP contribution in [0.15, 0.2) is 11.6 Å². The lowest BCUT2D eigenvalue weighted by atomic mass is 9.48. The zero-order chi connectivity index (χ0) is 16.5. The standard InChI is InChI=1S/C22H29NO/c1-22-9-8-18-17-6-5-16(24)10-14(17)11-19(13-2-3-13)21(18)20(22)7-4-15(22)12-23/h10,13,15,17-21H,2-9,11H2,1H3/t15-,17+,18-,19+,20+,21+,22-/m1/s1. The molecule has 4 fully saturated rings. The molecule has 0 radical (unpaired) electrons. The van der Waals surface area contributed by atoms with Crippen molar-refractivity contribution in [3.63, 3.8) is 0 Å². The number of fused-ring (bicyclic) bond motifs is 5. The number of nitrogens with zero attached hydrogens (tertiary/aromatic N) is 1. The number of hydrogen-bond donors (Lipinski definition) is 0. The summed E-state index contributed by atoms with van der Waals surface area (Å²) in [4.78, 5) is 12.0. The molecule has 0 spiro atoms. The van der Waals surface area contributed by atoms with Gasteiger partial charge < -0.3 is 0 Å². The van der Waals surface area contributed by atoms with Crippen LogP contribution in [0.2, 0.25) is 0 Å². The Hall–Kier alpha value is -1.10. The van der Waals surface area contributed by atoms with Gasteiger partial charge in [0.05, 0.1) is 12.0 Å². The lowest BCUT2D eigenvalue weighted by Crippen LogP contribution is -2.50. The fourth-order valence-corrected chi connectivity index (χ4v) is 7.50. The van der Waals surface area contributed by atoms with Crippen molar-refractivity contribution in [2.75, 3.05) is 0 Å². The predicted octanol–water partition coefficient (Wildman–Crippen LogP) is 4.90. The molecule has 2 heteroatoms. The van der Waals surface area contributed by atoms with Crippen LogP contribution in [0.25, 0.3) is 0 Å². The Labute approximate surface area is 145 Å². The van der Waals surface area contributed by atoms with Crippen LogP contribution < -0.4 is 0 Å². The first kappa shape index (κ1) is 15.2. The molecule has 0 aromatic heterocycles. The molecule has 2 nitrogen and oxygen atoms in total. The molecule has 5 rings (SSSR count). The monoisotopic (exact) mass is 323 g/mol. The third-order valence-corrected chi connectivity index (χ3v) is 8.78. The molecule has 4 saturated carbocycles. The molecular weight excluding hydrogens is 294 g/mol. The maximum absolute atomic E-state index is 12.0. The van der Waals surface area contributed by atoms with Crippen molar-refractivity contribution in [3.05, 3.63) is 11.6 Å². The molecule has 0 amide bonds. The van der Waals surface area contributed by atoms with Gasteiger partial charge in [0.2, 0.25) is 0 Å². The van der Waals surface area contributed by atoms with Crippen LogP contribution in [0.1, 0.15) is 64.7 Å². The molecule has 0 N–H and O–H groups in total. The third kappa shape index (κ3) is 2.03. The SMILES string of the molecule is C[C@]12CC[C@H]3[C@@H]([C@H](C4CC4)CC4=CC(=O)CC[C@@H]43)[C@@H]1CC[C@@H]2C#N. The van der Waals surface area contributed by atoms with Gasteiger partial charge in [-0.25, -0.2) is 0 Å². The third-order valence-electron chi connectivity index (χ3n) is 8.78. The number of carbonyl (C=O) groups is 1. The van der Waals surface area contributed by atoms with Gasteiger partial charge in [0.1, 0.15) is 0 Å². The fourth-order valence-electron chi connectivity index (χ4n) is 7.50. The number of rotatable bonds is 1. The Morgan fingerprint density at radius 2 is 1.96 bits per heavy atom. The summed E-state index contributed by atoms with van der Waals surface area (Å²) in [6.07, 6.45) is 12.9. The van der Waals surface area contributed by atoms with Gasteiger partial charge in [-0.3, -0.25) is 4.79 Å². The molecule has 24 heavy (non-hydrogen) atoms. The van der Waals surface area contributed by atoms with Gasteiger partial charge in [-0.05, 0) is 98.4 Å². The molecule has 0 aromatic carbocycles. The molecular formula is C22H29NO. The highest BCUT2D eigenvalue weighted by atomic mass is 16.1. The van der Waals surface area contributed by atoms with Gasteiger partial charge in [-0.1, -0.05) is 12.5 Å². The van der Waals surface area contributed by atoms with Crippen molar-refractivity contribution in [1.82, 2.24) is 0 Å². The summed E-state index contributed by atoms with van der Waals surface area (Å²) in [5.41, 5.74) is 1.79. The van der Waals surface area contributed by atoms with Gasteiger partial charge >= 0.3 is 0 Å². The van der Waals surface area contributed by atoms with E-state index in [1.54, 1.807) is 0 Å². The van der Waals surface area contributed by atoms with E-state index in [1.807, 2.05) is 6.08 Å². The fraction of sp³-hybridized carbons (Fsp3) is 0.818. The van der Waals surface area contributed by atoms with Crippen LogP contribution >= 0.6 is 0 Å². The summed E-state index contributed by atoms with van der Waals surface area (Å²) in [6.45, 7) is 2.44. The Morgan fingerprint density at radius 1 is 1.12 bits per heavy atom. The first-order valence-electron chi connectivity index (χ1n) is 10.2. The van der Waals surface area contributed by atoms with Crippen molar-refractivity contribution >= 4 is 5.78 Å². The molecule has 0 unspecified atom stereocenters. The second-order valence-electron chi connectivity index (χ2n) is 9.69. The lowest BCUT2D eigenvalue weighted by Gasteiger charge is -2.56. The van der Waals surface area contributed by atoms with E-state index in [4.69, 9.17) is 0 Å². The normalized spacial score (nSPS) is 50.3. The van der Waals surface area contributed by atoms with Crippen LogP contribution in [0.3, 0.4) is 0 Å². The maximum atomic E-state index is 12.0. The van der Waals surface area contributed by atoms with E-state index in [9.17, 15) is 10.1 Å². The Kier molecular flexibility index (Phi) is 3.29. The van der Waals surface area contributed by atoms with E-state index in [-0.39, 0.29) is 11.3 Å². The van der Waals surface area contributed by atoms with E-state index >= 15 is 0 Å². The van der Waals surface area contributed by atoms with Crippen LogP contribution in [-0.2, 0) is 4.79 Å². The molecule has 128 valence electrons. The number of nitriles is 1. The van der Waals surface area contributed by atoms with Crippen molar-refractivity contribution in [2.24, 2.45) is 46.8 Å². The van der Waals surface area contributed by atoms with Crippen LogP contribution in [0, 0.1) is 58.2 Å². The summed E-state index contributed by atoms with van der Waals surface area (Å²) < 4.78 is 0. The molecule has 0 aromatic rings. The Morgan fingerprint density at radius 3 is 2.71 bits per heavy atom. The lowest BCUT2D eigenvalue weighted by molar-refractivity contribution is -0.116. The first-order valence-corrected chi connectivity index (χ1v) is 10.2. The molecule has 7 atom stereocenters. The minimum absolute atomic E-state index is 0.273. The Balaban J connectivity index is 1.53. The van der Waals surface area contributed by atoms with Gasteiger partial charge in [0, 0.05) is 6.42 Å². The number of ketones is 1. The van der Waals surface area contributed by atoms with E-state index in [0.717, 1.165) is 48.9 Å². The van der Waals surface area contributed by atoms with E-state index < -0.39 is 0 Å². The van der Waals surface area contributed by atoms with Gasteiger partial charge in [0.25, 0.3) is 0 Å². The summed E-state index contributed by atoms with van der Waals surface area (Å²) in [6, 6.07) is 2.66. The summed E-state index contributed by atoms with van der Waals surface area (Å²) in [5, 5.41) is 9.67. The Bertz CT molecular complexity index is 639. The van der Waals surface area contributed by atoms with Crippen molar-refractivity contribution in [1.29, 1.82) is 5.26 Å². The average molecular weight is 323 g/mol. The molecule has 0 heterocycles. The molecule has 5 aliphatic rings. The van der Waals surface area contributed by atoms with Crippen LogP contribution in [0.5, 0.6) is 0 Å². The van der Waals surface area contributed by atoms with Gasteiger partial charge in [0.15, 0.2) is 5.78 Å². The van der Waals surface area contributed by atoms with Gasteiger partial charge in [-0.15, -0.1) is 0 Å². The van der Waals surface area contributed by atoms with E-state index in [0.29, 0.717) is 11.7 Å². The highest BCUT2D eigenvalue weighted by molar-refractivity contribution is 5.91. The largest absolute Gasteiger partial charge is 0.295 e.